The summed E-state index contributed by atoms with van der Waals surface area (Å²) in [4.78, 5) is 16.3. The number of halogens is 1. The molecule has 10 heteroatoms. The highest BCUT2D eigenvalue weighted by Crippen LogP contribution is 2.34. The molecule has 0 bridgehead atoms. The molecule has 2 aromatic heterocycles. The number of hydrogen-bond donors (Lipinski definition) is 1. The van der Waals surface area contributed by atoms with Crippen LogP contribution in [-0.2, 0) is 40.1 Å². The van der Waals surface area contributed by atoms with Gasteiger partial charge >= 0.3 is 5.97 Å². The van der Waals surface area contributed by atoms with Gasteiger partial charge in [-0.1, -0.05) is 6.07 Å². The highest BCUT2D eigenvalue weighted by molar-refractivity contribution is 7.84. The fraction of sp³-hybridized carbons (Fsp3) is 0.333. The van der Waals surface area contributed by atoms with Gasteiger partial charge in [0.15, 0.2) is 5.82 Å². The van der Waals surface area contributed by atoms with Crippen molar-refractivity contribution in [2.24, 2.45) is 0 Å². The molecule has 8 nitrogen and oxygen atoms in total. The van der Waals surface area contributed by atoms with E-state index in [0.29, 0.717) is 33.8 Å². The molecule has 0 unspecified atom stereocenters. The molecular weight excluding hydrogens is 535 g/mol. The molecule has 4 rings (SSSR count). The van der Waals surface area contributed by atoms with Crippen molar-refractivity contribution in [1.82, 2.24) is 9.71 Å². The molecule has 1 N–H and O–H groups in total. The third kappa shape index (κ3) is 6.86. The van der Waals surface area contributed by atoms with Gasteiger partial charge in [0.2, 0.25) is 0 Å². The van der Waals surface area contributed by atoms with Gasteiger partial charge in [-0.05, 0) is 63.6 Å². The molecule has 0 amide bonds. The molecular formula is C30H33FN2O6S. The lowest BCUT2D eigenvalue weighted by Crippen LogP contribution is -2.33. The summed E-state index contributed by atoms with van der Waals surface area (Å²) < 4.78 is 52.8. The average molecular weight is 569 g/mol. The van der Waals surface area contributed by atoms with E-state index in [1.807, 2.05) is 26.8 Å². The average Bonchev–Trinajstić information content (AvgIpc) is 3.40. The molecule has 0 aliphatic carbocycles. The Morgan fingerprint density at radius 1 is 1.12 bits per heavy atom. The summed E-state index contributed by atoms with van der Waals surface area (Å²) >= 11 is 0. The number of nitrogens with one attached hydrogen (secondary N) is 1. The predicted molar refractivity (Wildman–Crippen MR) is 152 cm³/mol. The summed E-state index contributed by atoms with van der Waals surface area (Å²) in [6, 6.07) is 12.3. The van der Waals surface area contributed by atoms with Crippen LogP contribution in [0.2, 0.25) is 0 Å². The molecule has 212 valence electrons. The van der Waals surface area contributed by atoms with Crippen molar-refractivity contribution < 1.29 is 32.0 Å². The highest BCUT2D eigenvalue weighted by atomic mass is 32.2. The summed E-state index contributed by atoms with van der Waals surface area (Å²) in [5.74, 6) is 0.183. The van der Waals surface area contributed by atoms with Crippen LogP contribution in [0.15, 0.2) is 59.3 Å². The minimum Gasteiger partial charge on any atom is -0.497 e. The Bertz CT molecular complexity index is 1530. The van der Waals surface area contributed by atoms with Crippen LogP contribution in [0.3, 0.4) is 0 Å². The van der Waals surface area contributed by atoms with Crippen molar-refractivity contribution in [3.05, 3.63) is 77.6 Å². The first kappa shape index (κ1) is 29.2. The maximum absolute atomic E-state index is 15.7. The van der Waals surface area contributed by atoms with Crippen LogP contribution in [-0.4, -0.2) is 33.6 Å². The second-order valence-electron chi connectivity index (χ2n) is 10.0. The Labute approximate surface area is 235 Å². The number of benzene rings is 2. The monoisotopic (exact) mass is 568 g/mol. The van der Waals surface area contributed by atoms with E-state index in [1.54, 1.807) is 56.7 Å². The molecule has 0 aliphatic rings. The standard InChI is InChI=1S/C30H33FN2O6S/c1-6-37-27(34)15-20-7-8-22(36-5)16-26(20)39-18-19-13-21-10-12-38-29(21)24(14-19)23-9-11-32-25(28(23)31)17-33-40(35)30(2,3)4/h7-14,16,33H,6,15,17-18H2,1-5H3/t40-/m1/s1. The van der Waals surface area contributed by atoms with Crippen LogP contribution in [0.4, 0.5) is 4.39 Å². The normalized spacial score (nSPS) is 12.3. The minimum atomic E-state index is -1.38. The first-order valence-electron chi connectivity index (χ1n) is 12.8. The lowest BCUT2D eigenvalue weighted by Gasteiger charge is -2.18. The third-order valence-electron chi connectivity index (χ3n) is 6.10. The quantitative estimate of drug-likeness (QED) is 0.226. The number of pyridine rings is 1. The lowest BCUT2D eigenvalue weighted by atomic mass is 10.00. The molecule has 40 heavy (non-hydrogen) atoms. The molecule has 1 atom stereocenters. The molecule has 0 saturated carbocycles. The summed E-state index contributed by atoms with van der Waals surface area (Å²) in [5, 5.41) is 0.776. The predicted octanol–water partition coefficient (Wildman–Crippen LogP) is 5.88. The van der Waals surface area contributed by atoms with E-state index >= 15 is 4.39 Å². The molecule has 0 radical (unpaired) electrons. The van der Waals surface area contributed by atoms with Crippen molar-refractivity contribution >= 4 is 27.9 Å². The van der Waals surface area contributed by atoms with Crippen LogP contribution < -0.4 is 14.2 Å². The fourth-order valence-electron chi connectivity index (χ4n) is 4.07. The number of ether oxygens (including phenoxy) is 3. The molecule has 0 aliphatic heterocycles. The zero-order chi connectivity index (χ0) is 28.9. The van der Waals surface area contributed by atoms with Crippen molar-refractivity contribution in [2.75, 3.05) is 13.7 Å². The smallest absolute Gasteiger partial charge is 0.310 e. The van der Waals surface area contributed by atoms with Gasteiger partial charge in [-0.25, -0.2) is 13.3 Å². The van der Waals surface area contributed by atoms with E-state index in [9.17, 15) is 9.00 Å². The van der Waals surface area contributed by atoms with Gasteiger partial charge in [0, 0.05) is 34.3 Å². The van der Waals surface area contributed by atoms with Crippen molar-refractivity contribution in [3.63, 3.8) is 0 Å². The number of carbonyl (C=O) groups is 1. The summed E-state index contributed by atoms with van der Waals surface area (Å²) in [5.41, 5.74) is 2.94. The van der Waals surface area contributed by atoms with E-state index in [1.165, 1.54) is 6.20 Å². The number of rotatable bonds is 11. The number of methoxy groups -OCH3 is 1. The zero-order valence-electron chi connectivity index (χ0n) is 23.2. The fourth-order valence-corrected chi connectivity index (χ4v) is 4.77. The number of aromatic nitrogens is 1. The molecule has 2 aromatic carbocycles. The number of carbonyl (C=O) groups excluding carboxylic acids is 1. The van der Waals surface area contributed by atoms with Crippen LogP contribution in [0, 0.1) is 5.82 Å². The van der Waals surface area contributed by atoms with Crippen molar-refractivity contribution in [1.29, 1.82) is 0 Å². The summed E-state index contributed by atoms with van der Waals surface area (Å²) in [7, 11) is 0.176. The van der Waals surface area contributed by atoms with Gasteiger partial charge in [-0.2, -0.15) is 0 Å². The largest absolute Gasteiger partial charge is 0.497 e. The second-order valence-corrected chi connectivity index (χ2v) is 12.1. The SMILES string of the molecule is CCOC(=O)Cc1ccc(OC)cc1OCc1cc(-c2ccnc(CN[S@](=O)C(C)(C)C)c2F)c2occc2c1. The lowest BCUT2D eigenvalue weighted by molar-refractivity contribution is -0.142. The van der Waals surface area contributed by atoms with Gasteiger partial charge in [-0.15, -0.1) is 0 Å². The number of furan rings is 1. The van der Waals surface area contributed by atoms with E-state index < -0.39 is 21.5 Å². The van der Waals surface area contributed by atoms with E-state index in [4.69, 9.17) is 18.6 Å². The highest BCUT2D eigenvalue weighted by Gasteiger charge is 2.21. The van der Waals surface area contributed by atoms with Gasteiger partial charge in [-0.3, -0.25) is 9.78 Å². The zero-order valence-corrected chi connectivity index (χ0v) is 24.0. The molecule has 4 aromatic rings. The number of hydrogen-bond acceptors (Lipinski definition) is 7. The molecule has 0 fully saturated rings. The summed E-state index contributed by atoms with van der Waals surface area (Å²) in [6.45, 7) is 7.70. The first-order chi connectivity index (χ1) is 19.1. The van der Waals surface area contributed by atoms with Gasteiger partial charge in [0.25, 0.3) is 0 Å². The first-order valence-corrected chi connectivity index (χ1v) is 14.0. The second kappa shape index (κ2) is 12.6. The molecule has 2 heterocycles. The maximum Gasteiger partial charge on any atom is 0.310 e. The van der Waals surface area contributed by atoms with Gasteiger partial charge in [0.05, 0.1) is 54.4 Å². The van der Waals surface area contributed by atoms with Gasteiger partial charge < -0.3 is 18.6 Å². The molecule has 0 spiro atoms. The number of fused-ring (bicyclic) bond motifs is 1. The minimum absolute atomic E-state index is 0.00668. The van der Waals surface area contributed by atoms with E-state index in [2.05, 4.69) is 9.71 Å². The summed E-state index contributed by atoms with van der Waals surface area (Å²) in [6.07, 6.45) is 3.12. The van der Waals surface area contributed by atoms with Crippen molar-refractivity contribution in [2.45, 2.75) is 52.0 Å². The van der Waals surface area contributed by atoms with Crippen LogP contribution in [0.1, 0.15) is 44.5 Å². The van der Waals surface area contributed by atoms with E-state index in [0.717, 1.165) is 10.9 Å². The third-order valence-corrected chi connectivity index (χ3v) is 7.62. The number of nitrogens with zero attached hydrogens (tertiary/aromatic N) is 1. The van der Waals surface area contributed by atoms with Crippen molar-refractivity contribution in [3.8, 4) is 22.6 Å². The van der Waals surface area contributed by atoms with Crippen LogP contribution in [0.5, 0.6) is 11.5 Å². The molecule has 0 saturated heterocycles. The maximum atomic E-state index is 15.7. The number of esters is 1. The Morgan fingerprint density at radius 3 is 2.65 bits per heavy atom. The van der Waals surface area contributed by atoms with Crippen LogP contribution >= 0.6 is 0 Å². The van der Waals surface area contributed by atoms with Crippen LogP contribution in [0.25, 0.3) is 22.1 Å². The Kier molecular flexibility index (Phi) is 9.21. The Balaban J connectivity index is 1.64. The topological polar surface area (TPSA) is 99.9 Å². The Morgan fingerprint density at radius 2 is 1.93 bits per heavy atom. The Hall–Kier alpha value is -3.76. The van der Waals surface area contributed by atoms with Gasteiger partial charge in [0.1, 0.15) is 23.7 Å². The van der Waals surface area contributed by atoms with E-state index in [-0.39, 0.29) is 37.8 Å².